The van der Waals surface area contributed by atoms with E-state index in [1.54, 1.807) is 0 Å². The third kappa shape index (κ3) is 2.77. The molecule has 0 spiro atoms. The second kappa shape index (κ2) is 5.27. The molecule has 0 amide bonds. The Morgan fingerprint density at radius 3 is 2.47 bits per heavy atom. The summed E-state index contributed by atoms with van der Waals surface area (Å²) in [6.07, 6.45) is 0. The maximum absolute atomic E-state index is 6.03. The molecule has 0 radical (unpaired) electrons. The lowest BCUT2D eigenvalue weighted by Gasteiger charge is -2.36. The number of aromatic nitrogens is 1. The first-order valence-corrected chi connectivity index (χ1v) is 7.35. The zero-order valence-electron chi connectivity index (χ0n) is 10.4. The van der Waals surface area contributed by atoms with Crippen LogP contribution in [0.5, 0.6) is 0 Å². The van der Waals surface area contributed by atoms with Gasteiger partial charge in [0.25, 0.3) is 0 Å². The van der Waals surface area contributed by atoms with Gasteiger partial charge in [-0.2, -0.15) is 4.37 Å². The maximum atomic E-state index is 6.03. The van der Waals surface area contributed by atoms with Crippen LogP contribution in [0.3, 0.4) is 0 Å². The predicted octanol–water partition coefficient (Wildman–Crippen LogP) is 2.71. The first-order valence-electron chi connectivity index (χ1n) is 6.20. The molecule has 2 aromatic rings. The summed E-state index contributed by atoms with van der Waals surface area (Å²) in [5.41, 5.74) is 6.86. The molecule has 6 heteroatoms. The van der Waals surface area contributed by atoms with E-state index < -0.39 is 0 Å². The van der Waals surface area contributed by atoms with Crippen LogP contribution in [-0.2, 0) is 0 Å². The summed E-state index contributed by atoms with van der Waals surface area (Å²) in [7, 11) is 0. The molecule has 1 aliphatic rings. The van der Waals surface area contributed by atoms with Crippen molar-refractivity contribution in [3.8, 4) is 0 Å². The van der Waals surface area contributed by atoms with Gasteiger partial charge in [-0.1, -0.05) is 17.7 Å². The van der Waals surface area contributed by atoms with E-state index in [1.165, 1.54) is 17.2 Å². The maximum Gasteiger partial charge on any atom is 0.139 e. The monoisotopic (exact) mass is 294 g/mol. The lowest BCUT2D eigenvalue weighted by Crippen LogP contribution is -2.46. The summed E-state index contributed by atoms with van der Waals surface area (Å²) in [6.45, 7) is 3.93. The third-order valence-corrected chi connectivity index (χ3v) is 4.38. The van der Waals surface area contributed by atoms with Crippen LogP contribution in [0.25, 0.3) is 0 Å². The number of hydrogen-bond donors (Lipinski definition) is 1. The number of rotatable bonds is 2. The van der Waals surface area contributed by atoms with Gasteiger partial charge < -0.3 is 15.5 Å². The van der Waals surface area contributed by atoms with E-state index in [0.29, 0.717) is 5.82 Å². The summed E-state index contributed by atoms with van der Waals surface area (Å²) < 4.78 is 4.13. The average molecular weight is 295 g/mol. The van der Waals surface area contributed by atoms with Crippen LogP contribution in [0.1, 0.15) is 0 Å². The van der Waals surface area contributed by atoms with E-state index in [4.69, 9.17) is 17.3 Å². The molecule has 100 valence electrons. The topological polar surface area (TPSA) is 45.4 Å². The largest absolute Gasteiger partial charge is 0.383 e. The standard InChI is InChI=1S/C13H15ClN4S/c14-10-2-1-3-11(8-10)17-4-6-18(7-5-17)13-9-12(15)16-19-13/h1-3,8-9H,4-7H2,(H2,15,16). The molecular formula is C13H15ClN4S. The molecule has 1 saturated heterocycles. The first kappa shape index (κ1) is 12.6. The number of nitrogen functional groups attached to an aromatic ring is 1. The van der Waals surface area contributed by atoms with Crippen molar-refractivity contribution in [1.82, 2.24) is 4.37 Å². The first-order chi connectivity index (χ1) is 9.22. The van der Waals surface area contributed by atoms with Gasteiger partial charge in [0.05, 0.1) is 0 Å². The van der Waals surface area contributed by atoms with Crippen LogP contribution in [0.2, 0.25) is 5.02 Å². The molecule has 1 fully saturated rings. The van der Waals surface area contributed by atoms with Gasteiger partial charge in [-0.05, 0) is 29.7 Å². The van der Waals surface area contributed by atoms with Gasteiger partial charge in [0.1, 0.15) is 10.8 Å². The van der Waals surface area contributed by atoms with Crippen LogP contribution in [0, 0.1) is 0 Å². The van der Waals surface area contributed by atoms with Gasteiger partial charge in [0.15, 0.2) is 0 Å². The van der Waals surface area contributed by atoms with Gasteiger partial charge in [-0.15, -0.1) is 0 Å². The Bertz CT molecular complexity index is 563. The van der Waals surface area contributed by atoms with Crippen molar-refractivity contribution < 1.29 is 0 Å². The molecule has 1 aromatic carbocycles. The summed E-state index contributed by atoms with van der Waals surface area (Å²) in [6, 6.07) is 9.96. The summed E-state index contributed by atoms with van der Waals surface area (Å²) in [4.78, 5) is 4.68. The molecule has 2 N–H and O–H groups in total. The third-order valence-electron chi connectivity index (χ3n) is 3.28. The molecule has 0 atom stereocenters. The Kier molecular flexibility index (Phi) is 3.48. The Labute approximate surface area is 121 Å². The number of halogens is 1. The normalized spacial score (nSPS) is 15.8. The minimum absolute atomic E-state index is 0.609. The Morgan fingerprint density at radius 2 is 1.84 bits per heavy atom. The van der Waals surface area contributed by atoms with Gasteiger partial charge in [0.2, 0.25) is 0 Å². The van der Waals surface area contributed by atoms with Crippen molar-refractivity contribution in [2.75, 3.05) is 41.7 Å². The zero-order chi connectivity index (χ0) is 13.2. The Hall–Kier alpha value is -1.46. The van der Waals surface area contributed by atoms with Crippen LogP contribution in [0.4, 0.5) is 16.5 Å². The zero-order valence-corrected chi connectivity index (χ0v) is 12.0. The fraction of sp³-hybridized carbons (Fsp3) is 0.308. The summed E-state index contributed by atoms with van der Waals surface area (Å²) in [5.74, 6) is 0.609. The fourth-order valence-corrected chi connectivity index (χ4v) is 3.19. The van der Waals surface area contributed by atoms with Gasteiger partial charge in [0, 0.05) is 43.0 Å². The van der Waals surface area contributed by atoms with Crippen molar-refractivity contribution in [2.45, 2.75) is 0 Å². The minimum atomic E-state index is 0.609. The molecule has 0 unspecified atom stereocenters. The SMILES string of the molecule is Nc1cc(N2CCN(c3cccc(Cl)c3)CC2)sn1. The van der Waals surface area contributed by atoms with Crippen LogP contribution >= 0.6 is 23.1 Å². The quantitative estimate of drug-likeness (QED) is 0.925. The highest BCUT2D eigenvalue weighted by Crippen LogP contribution is 2.26. The van der Waals surface area contributed by atoms with E-state index in [-0.39, 0.29) is 0 Å². The number of hydrogen-bond acceptors (Lipinski definition) is 5. The highest BCUT2D eigenvalue weighted by Gasteiger charge is 2.19. The smallest absolute Gasteiger partial charge is 0.139 e. The van der Waals surface area contributed by atoms with Gasteiger partial charge >= 0.3 is 0 Å². The lowest BCUT2D eigenvalue weighted by atomic mass is 10.2. The fourth-order valence-electron chi connectivity index (χ4n) is 2.29. The predicted molar refractivity (Wildman–Crippen MR) is 82.4 cm³/mol. The molecule has 3 rings (SSSR count). The van der Waals surface area contributed by atoms with E-state index in [1.807, 2.05) is 24.3 Å². The lowest BCUT2D eigenvalue weighted by molar-refractivity contribution is 0.657. The summed E-state index contributed by atoms with van der Waals surface area (Å²) >= 11 is 7.50. The highest BCUT2D eigenvalue weighted by molar-refractivity contribution is 7.10. The summed E-state index contributed by atoms with van der Waals surface area (Å²) in [5, 5.41) is 1.94. The van der Waals surface area contributed by atoms with E-state index >= 15 is 0 Å². The van der Waals surface area contributed by atoms with Crippen molar-refractivity contribution in [3.05, 3.63) is 35.4 Å². The molecule has 19 heavy (non-hydrogen) atoms. The molecule has 0 aliphatic carbocycles. The molecule has 1 aromatic heterocycles. The van der Waals surface area contributed by atoms with Crippen molar-refractivity contribution in [1.29, 1.82) is 0 Å². The van der Waals surface area contributed by atoms with E-state index in [0.717, 1.165) is 36.2 Å². The van der Waals surface area contributed by atoms with Gasteiger partial charge in [-0.3, -0.25) is 0 Å². The number of nitrogens with zero attached hydrogens (tertiary/aromatic N) is 3. The average Bonchev–Trinajstić information content (AvgIpc) is 2.86. The van der Waals surface area contributed by atoms with Crippen LogP contribution in [0.15, 0.2) is 30.3 Å². The van der Waals surface area contributed by atoms with Crippen molar-refractivity contribution in [3.63, 3.8) is 0 Å². The second-order valence-electron chi connectivity index (χ2n) is 4.54. The van der Waals surface area contributed by atoms with Crippen LogP contribution < -0.4 is 15.5 Å². The Morgan fingerprint density at radius 1 is 1.11 bits per heavy atom. The minimum Gasteiger partial charge on any atom is -0.383 e. The molecule has 0 saturated carbocycles. The molecule has 2 heterocycles. The molecule has 0 bridgehead atoms. The number of anilines is 3. The van der Waals surface area contributed by atoms with Crippen molar-refractivity contribution >= 4 is 39.6 Å². The van der Waals surface area contributed by atoms with Crippen LogP contribution in [-0.4, -0.2) is 30.6 Å². The Balaban J connectivity index is 1.66. The number of nitrogens with two attached hydrogens (primary N) is 1. The van der Waals surface area contributed by atoms with Gasteiger partial charge in [-0.25, -0.2) is 0 Å². The van der Waals surface area contributed by atoms with Crippen molar-refractivity contribution in [2.24, 2.45) is 0 Å². The number of benzene rings is 1. The van der Waals surface area contributed by atoms with E-state index in [2.05, 4.69) is 20.2 Å². The second-order valence-corrected chi connectivity index (χ2v) is 5.76. The molecule has 1 aliphatic heterocycles. The molecule has 4 nitrogen and oxygen atoms in total. The highest BCUT2D eigenvalue weighted by atomic mass is 35.5. The number of piperazine rings is 1. The molecular weight excluding hydrogens is 280 g/mol. The van der Waals surface area contributed by atoms with E-state index in [9.17, 15) is 0 Å².